The van der Waals surface area contributed by atoms with Crippen molar-refractivity contribution in [2.45, 2.75) is 12.9 Å². The fourth-order valence-corrected chi connectivity index (χ4v) is 1.78. The van der Waals surface area contributed by atoms with Crippen LogP contribution in [0.15, 0.2) is 30.5 Å². The first-order valence-electron chi connectivity index (χ1n) is 5.48. The van der Waals surface area contributed by atoms with Crippen LogP contribution in [0.3, 0.4) is 0 Å². The molecular formula is C12H12F3N3O. The number of nitrogens with two attached hydrogens (primary N) is 1. The van der Waals surface area contributed by atoms with Gasteiger partial charge in [-0.1, -0.05) is 0 Å². The van der Waals surface area contributed by atoms with E-state index in [1.165, 1.54) is 12.1 Å². The molecule has 0 saturated carbocycles. The molecule has 0 radical (unpaired) electrons. The molecule has 1 aromatic carbocycles. The molecule has 2 rings (SSSR count). The quantitative estimate of drug-likeness (QED) is 0.932. The fraction of sp³-hybridized carbons (Fsp3) is 0.250. The van der Waals surface area contributed by atoms with Crippen LogP contribution in [0.4, 0.5) is 13.2 Å². The van der Waals surface area contributed by atoms with E-state index in [2.05, 4.69) is 9.84 Å². The van der Waals surface area contributed by atoms with Gasteiger partial charge in [-0.3, -0.25) is 4.68 Å². The van der Waals surface area contributed by atoms with Crippen molar-refractivity contribution in [2.75, 3.05) is 0 Å². The summed E-state index contributed by atoms with van der Waals surface area (Å²) in [4.78, 5) is 0. The van der Waals surface area contributed by atoms with E-state index in [1.54, 1.807) is 30.1 Å². The highest BCUT2D eigenvalue weighted by Crippen LogP contribution is 2.30. The summed E-state index contributed by atoms with van der Waals surface area (Å²) in [6.45, 7) is -0.0445. The lowest BCUT2D eigenvalue weighted by Gasteiger charge is -2.13. The van der Waals surface area contributed by atoms with Crippen LogP contribution in [0.1, 0.15) is 5.56 Å². The van der Waals surface area contributed by atoms with Gasteiger partial charge < -0.3 is 10.5 Å². The van der Waals surface area contributed by atoms with Gasteiger partial charge in [0.05, 0.1) is 5.69 Å². The van der Waals surface area contributed by atoms with Gasteiger partial charge in [0.1, 0.15) is 5.75 Å². The number of ether oxygens (including phenoxy) is 1. The van der Waals surface area contributed by atoms with E-state index in [-0.39, 0.29) is 17.9 Å². The second-order valence-corrected chi connectivity index (χ2v) is 3.91. The van der Waals surface area contributed by atoms with E-state index in [4.69, 9.17) is 5.73 Å². The monoisotopic (exact) mass is 271 g/mol. The predicted octanol–water partition coefficient (Wildman–Crippen LogP) is 2.44. The molecule has 4 nitrogen and oxygen atoms in total. The zero-order valence-corrected chi connectivity index (χ0v) is 10.1. The summed E-state index contributed by atoms with van der Waals surface area (Å²) >= 11 is 0. The molecule has 0 saturated heterocycles. The summed E-state index contributed by atoms with van der Waals surface area (Å²) in [5, 5.41) is 4.00. The van der Waals surface area contributed by atoms with E-state index in [9.17, 15) is 13.2 Å². The molecule has 2 N–H and O–H groups in total. The lowest BCUT2D eigenvalue weighted by molar-refractivity contribution is -0.274. The lowest BCUT2D eigenvalue weighted by Crippen LogP contribution is -2.18. The topological polar surface area (TPSA) is 53.1 Å². The minimum Gasteiger partial charge on any atom is -0.405 e. The summed E-state index contributed by atoms with van der Waals surface area (Å²) in [6.07, 6.45) is -3.12. The molecule has 0 fully saturated rings. The molecule has 1 heterocycles. The Labute approximate surface area is 107 Å². The van der Waals surface area contributed by atoms with Gasteiger partial charge in [0.2, 0.25) is 0 Å². The van der Waals surface area contributed by atoms with Gasteiger partial charge in [-0.05, 0) is 24.3 Å². The third-order valence-electron chi connectivity index (χ3n) is 2.62. The van der Waals surface area contributed by atoms with Crippen LogP contribution in [0.25, 0.3) is 11.3 Å². The van der Waals surface area contributed by atoms with Crippen molar-refractivity contribution in [3.05, 3.63) is 36.0 Å². The first-order chi connectivity index (χ1) is 8.90. The van der Waals surface area contributed by atoms with Gasteiger partial charge in [-0.25, -0.2) is 0 Å². The third-order valence-corrected chi connectivity index (χ3v) is 2.62. The van der Waals surface area contributed by atoms with Gasteiger partial charge in [0.15, 0.2) is 0 Å². The molecule has 0 bridgehead atoms. The number of halogens is 3. The second-order valence-electron chi connectivity index (χ2n) is 3.91. The SMILES string of the molecule is Cn1nccc1-c1ccc(OC(F)(F)F)c(CN)c1. The summed E-state index contributed by atoms with van der Waals surface area (Å²) in [5.41, 5.74) is 7.26. The highest BCUT2D eigenvalue weighted by molar-refractivity contribution is 5.62. The Hall–Kier alpha value is -2.02. The standard InChI is InChI=1S/C12H12F3N3O/c1-18-10(4-5-17-18)8-2-3-11(9(6-8)7-16)19-12(13,14)15/h2-6H,7,16H2,1H3. The van der Waals surface area contributed by atoms with Gasteiger partial charge in [-0.15, -0.1) is 13.2 Å². The van der Waals surface area contributed by atoms with Gasteiger partial charge in [0.25, 0.3) is 0 Å². The maximum atomic E-state index is 12.2. The number of rotatable bonds is 3. The Morgan fingerprint density at radius 2 is 2.05 bits per heavy atom. The van der Waals surface area contributed by atoms with Crippen molar-refractivity contribution in [3.8, 4) is 17.0 Å². The molecule has 0 aliphatic heterocycles. The van der Waals surface area contributed by atoms with Crippen LogP contribution < -0.4 is 10.5 Å². The predicted molar refractivity (Wildman–Crippen MR) is 63.2 cm³/mol. The molecule has 1 aromatic heterocycles. The number of aromatic nitrogens is 2. The molecule has 2 aromatic rings. The maximum Gasteiger partial charge on any atom is 0.573 e. The summed E-state index contributed by atoms with van der Waals surface area (Å²) in [5.74, 6) is -0.277. The number of nitrogens with zero attached hydrogens (tertiary/aromatic N) is 2. The van der Waals surface area contributed by atoms with Crippen molar-refractivity contribution >= 4 is 0 Å². The van der Waals surface area contributed by atoms with Crippen molar-refractivity contribution in [1.82, 2.24) is 9.78 Å². The molecule has 7 heteroatoms. The summed E-state index contributed by atoms with van der Waals surface area (Å²) in [6, 6.07) is 6.13. The molecule has 0 amide bonds. The van der Waals surface area contributed by atoms with Crippen molar-refractivity contribution in [1.29, 1.82) is 0 Å². The van der Waals surface area contributed by atoms with E-state index < -0.39 is 6.36 Å². The molecule has 19 heavy (non-hydrogen) atoms. The smallest absolute Gasteiger partial charge is 0.405 e. The Morgan fingerprint density at radius 3 is 2.58 bits per heavy atom. The molecular weight excluding hydrogens is 259 g/mol. The van der Waals surface area contributed by atoms with Crippen LogP contribution in [0, 0.1) is 0 Å². The number of hydrogen-bond donors (Lipinski definition) is 1. The van der Waals surface area contributed by atoms with Crippen LogP contribution in [-0.2, 0) is 13.6 Å². The Bertz CT molecular complexity index is 578. The zero-order valence-electron chi connectivity index (χ0n) is 10.1. The lowest BCUT2D eigenvalue weighted by atomic mass is 10.1. The maximum absolute atomic E-state index is 12.2. The molecule has 0 atom stereocenters. The van der Waals surface area contributed by atoms with Crippen LogP contribution in [0.5, 0.6) is 5.75 Å². The van der Waals surface area contributed by atoms with Gasteiger partial charge >= 0.3 is 6.36 Å². The van der Waals surface area contributed by atoms with Crippen molar-refractivity contribution in [3.63, 3.8) is 0 Å². The Balaban J connectivity index is 2.39. The number of hydrogen-bond acceptors (Lipinski definition) is 3. The largest absolute Gasteiger partial charge is 0.573 e. The zero-order chi connectivity index (χ0) is 14.0. The molecule has 0 aliphatic carbocycles. The highest BCUT2D eigenvalue weighted by atomic mass is 19.4. The summed E-state index contributed by atoms with van der Waals surface area (Å²) < 4.78 is 42.2. The average molecular weight is 271 g/mol. The molecule has 0 spiro atoms. The first-order valence-corrected chi connectivity index (χ1v) is 5.48. The van der Waals surface area contributed by atoms with E-state index in [1.807, 2.05) is 0 Å². The van der Waals surface area contributed by atoms with Crippen molar-refractivity contribution in [2.24, 2.45) is 12.8 Å². The first kappa shape index (κ1) is 13.4. The van der Waals surface area contributed by atoms with Crippen molar-refractivity contribution < 1.29 is 17.9 Å². The van der Waals surface area contributed by atoms with Gasteiger partial charge in [-0.2, -0.15) is 5.10 Å². The van der Waals surface area contributed by atoms with E-state index in [0.29, 0.717) is 0 Å². The average Bonchev–Trinajstić information content (AvgIpc) is 2.74. The third kappa shape index (κ3) is 3.05. The minimum atomic E-state index is -4.72. The molecule has 0 aliphatic rings. The molecule has 0 unspecified atom stereocenters. The van der Waals surface area contributed by atoms with Crippen LogP contribution >= 0.6 is 0 Å². The Morgan fingerprint density at radius 1 is 1.32 bits per heavy atom. The number of alkyl halides is 3. The summed E-state index contributed by atoms with van der Waals surface area (Å²) in [7, 11) is 1.75. The van der Waals surface area contributed by atoms with E-state index >= 15 is 0 Å². The second kappa shape index (κ2) is 4.93. The highest BCUT2D eigenvalue weighted by Gasteiger charge is 2.32. The fourth-order valence-electron chi connectivity index (χ4n) is 1.78. The number of aryl methyl sites for hydroxylation is 1. The van der Waals surface area contributed by atoms with Crippen LogP contribution in [-0.4, -0.2) is 16.1 Å². The number of benzene rings is 1. The van der Waals surface area contributed by atoms with Crippen LogP contribution in [0.2, 0.25) is 0 Å². The van der Waals surface area contributed by atoms with E-state index in [0.717, 1.165) is 11.3 Å². The minimum absolute atomic E-state index is 0.0445. The van der Waals surface area contributed by atoms with Gasteiger partial charge in [0, 0.05) is 30.9 Å². The Kier molecular flexibility index (Phi) is 3.48. The normalized spacial score (nSPS) is 11.6. The molecule has 102 valence electrons.